The van der Waals surface area contributed by atoms with Gasteiger partial charge in [0.15, 0.2) is 0 Å². The SMILES string of the molecule is CC(C)(C)CCN1CCN(C(=O)CCc2nc(-c3ncccn3)no2)CC1. The minimum absolute atomic E-state index is 0.140. The number of aryl methyl sites for hydroxylation is 1. The molecule has 27 heavy (non-hydrogen) atoms. The quantitative estimate of drug-likeness (QED) is 0.766. The van der Waals surface area contributed by atoms with Crippen LogP contribution in [-0.4, -0.2) is 68.5 Å². The lowest BCUT2D eigenvalue weighted by Crippen LogP contribution is -2.49. The minimum Gasteiger partial charge on any atom is -0.340 e. The summed E-state index contributed by atoms with van der Waals surface area (Å²) in [6.07, 6.45) is 5.24. The van der Waals surface area contributed by atoms with Crippen LogP contribution in [0.4, 0.5) is 0 Å². The van der Waals surface area contributed by atoms with Crippen LogP contribution < -0.4 is 0 Å². The van der Waals surface area contributed by atoms with Gasteiger partial charge in [-0.2, -0.15) is 4.98 Å². The summed E-state index contributed by atoms with van der Waals surface area (Å²) in [4.78, 5) is 29.3. The van der Waals surface area contributed by atoms with Crippen LogP contribution in [0.3, 0.4) is 0 Å². The van der Waals surface area contributed by atoms with Gasteiger partial charge in [0.05, 0.1) is 0 Å². The van der Waals surface area contributed by atoms with Crippen LogP contribution in [0, 0.1) is 5.41 Å². The Morgan fingerprint density at radius 1 is 1.11 bits per heavy atom. The van der Waals surface area contributed by atoms with E-state index in [1.165, 1.54) is 6.42 Å². The molecule has 1 amide bonds. The standard InChI is InChI=1S/C19H28N6O2/c1-19(2,3)7-10-24-11-13-25(14-12-24)16(26)6-5-15-22-18(23-27-15)17-20-8-4-9-21-17/h4,8-9H,5-7,10-14H2,1-3H3. The summed E-state index contributed by atoms with van der Waals surface area (Å²) in [6, 6.07) is 1.73. The number of carbonyl (C=O) groups is 1. The maximum Gasteiger partial charge on any atom is 0.240 e. The van der Waals surface area contributed by atoms with E-state index in [0.717, 1.165) is 32.7 Å². The monoisotopic (exact) mass is 372 g/mol. The highest BCUT2D eigenvalue weighted by atomic mass is 16.5. The molecule has 0 aliphatic carbocycles. The molecule has 0 saturated carbocycles. The van der Waals surface area contributed by atoms with Crippen molar-refractivity contribution in [1.29, 1.82) is 0 Å². The Labute approximate surface area is 160 Å². The normalized spacial score (nSPS) is 15.9. The van der Waals surface area contributed by atoms with Crippen molar-refractivity contribution in [2.75, 3.05) is 32.7 Å². The Kier molecular flexibility index (Phi) is 6.15. The largest absolute Gasteiger partial charge is 0.340 e. The Balaban J connectivity index is 1.42. The van der Waals surface area contributed by atoms with Crippen molar-refractivity contribution in [1.82, 2.24) is 29.9 Å². The number of amides is 1. The number of carbonyl (C=O) groups excluding carboxylic acids is 1. The van der Waals surface area contributed by atoms with E-state index in [2.05, 4.69) is 45.8 Å². The second-order valence-electron chi connectivity index (χ2n) is 8.12. The van der Waals surface area contributed by atoms with Crippen molar-refractivity contribution in [3.05, 3.63) is 24.4 Å². The Hall–Kier alpha value is -2.35. The summed E-state index contributed by atoms with van der Waals surface area (Å²) < 4.78 is 5.22. The van der Waals surface area contributed by atoms with Gasteiger partial charge in [0.1, 0.15) is 0 Å². The summed E-state index contributed by atoms with van der Waals surface area (Å²) in [5.41, 5.74) is 0.348. The minimum atomic E-state index is 0.140. The highest BCUT2D eigenvalue weighted by Crippen LogP contribution is 2.19. The van der Waals surface area contributed by atoms with E-state index in [0.29, 0.717) is 35.8 Å². The number of nitrogens with zero attached hydrogens (tertiary/aromatic N) is 6. The van der Waals surface area contributed by atoms with E-state index in [9.17, 15) is 4.79 Å². The van der Waals surface area contributed by atoms with Crippen LogP contribution in [0.2, 0.25) is 0 Å². The second kappa shape index (κ2) is 8.56. The average molecular weight is 372 g/mol. The van der Waals surface area contributed by atoms with Gasteiger partial charge >= 0.3 is 0 Å². The van der Waals surface area contributed by atoms with Crippen LogP contribution in [-0.2, 0) is 11.2 Å². The molecular formula is C19H28N6O2. The van der Waals surface area contributed by atoms with Gasteiger partial charge in [-0.15, -0.1) is 0 Å². The van der Waals surface area contributed by atoms with Crippen LogP contribution in [0.1, 0.15) is 39.5 Å². The zero-order valence-corrected chi connectivity index (χ0v) is 16.4. The molecule has 0 spiro atoms. The molecule has 0 N–H and O–H groups in total. The maximum atomic E-state index is 12.5. The van der Waals surface area contributed by atoms with Crippen molar-refractivity contribution < 1.29 is 9.32 Å². The molecule has 0 bridgehead atoms. The van der Waals surface area contributed by atoms with Crippen molar-refractivity contribution in [3.63, 3.8) is 0 Å². The zero-order valence-electron chi connectivity index (χ0n) is 16.4. The smallest absolute Gasteiger partial charge is 0.240 e. The van der Waals surface area contributed by atoms with Gasteiger partial charge in [-0.25, -0.2) is 9.97 Å². The van der Waals surface area contributed by atoms with Crippen molar-refractivity contribution in [3.8, 4) is 11.6 Å². The summed E-state index contributed by atoms with van der Waals surface area (Å²) in [5.74, 6) is 1.35. The molecule has 0 radical (unpaired) electrons. The molecule has 2 aromatic rings. The molecule has 1 fully saturated rings. The molecule has 0 aromatic carbocycles. The third-order valence-corrected chi connectivity index (χ3v) is 4.69. The van der Waals surface area contributed by atoms with Crippen molar-refractivity contribution >= 4 is 5.91 Å². The van der Waals surface area contributed by atoms with Crippen LogP contribution in [0.15, 0.2) is 23.0 Å². The number of aromatic nitrogens is 4. The summed E-state index contributed by atoms with van der Waals surface area (Å²) in [7, 11) is 0. The van der Waals surface area contributed by atoms with Gasteiger partial charge in [0, 0.05) is 51.4 Å². The predicted octanol–water partition coefficient (Wildman–Crippen LogP) is 2.04. The van der Waals surface area contributed by atoms with E-state index in [1.807, 2.05) is 4.90 Å². The molecule has 1 aliphatic heterocycles. The third kappa shape index (κ3) is 5.82. The lowest BCUT2D eigenvalue weighted by molar-refractivity contribution is -0.133. The average Bonchev–Trinajstić information content (AvgIpc) is 3.14. The molecule has 3 heterocycles. The van der Waals surface area contributed by atoms with Crippen LogP contribution >= 0.6 is 0 Å². The molecule has 1 saturated heterocycles. The fraction of sp³-hybridized carbons (Fsp3) is 0.632. The summed E-state index contributed by atoms with van der Waals surface area (Å²) in [5, 5.41) is 3.88. The van der Waals surface area contributed by atoms with Gasteiger partial charge in [-0.05, 0) is 24.4 Å². The summed E-state index contributed by atoms with van der Waals surface area (Å²) >= 11 is 0. The van der Waals surface area contributed by atoms with E-state index in [4.69, 9.17) is 4.52 Å². The highest BCUT2D eigenvalue weighted by Gasteiger charge is 2.22. The van der Waals surface area contributed by atoms with E-state index >= 15 is 0 Å². The molecule has 146 valence electrons. The van der Waals surface area contributed by atoms with Crippen molar-refractivity contribution in [2.45, 2.75) is 40.0 Å². The zero-order chi connectivity index (χ0) is 19.3. The summed E-state index contributed by atoms with van der Waals surface area (Å²) in [6.45, 7) is 11.3. The lowest BCUT2D eigenvalue weighted by Gasteiger charge is -2.36. The van der Waals surface area contributed by atoms with Gasteiger partial charge in [-0.3, -0.25) is 9.69 Å². The first-order valence-corrected chi connectivity index (χ1v) is 9.51. The first-order valence-electron chi connectivity index (χ1n) is 9.51. The molecule has 0 unspecified atom stereocenters. The molecule has 1 aliphatic rings. The van der Waals surface area contributed by atoms with Gasteiger partial charge < -0.3 is 9.42 Å². The maximum absolute atomic E-state index is 12.5. The molecule has 2 aromatic heterocycles. The van der Waals surface area contributed by atoms with Gasteiger partial charge in [0.2, 0.25) is 23.4 Å². The molecule has 8 nitrogen and oxygen atoms in total. The topological polar surface area (TPSA) is 88.2 Å². The van der Waals surface area contributed by atoms with Crippen LogP contribution in [0.5, 0.6) is 0 Å². The van der Waals surface area contributed by atoms with E-state index in [-0.39, 0.29) is 5.91 Å². The predicted molar refractivity (Wildman–Crippen MR) is 101 cm³/mol. The lowest BCUT2D eigenvalue weighted by atomic mass is 9.92. The fourth-order valence-electron chi connectivity index (χ4n) is 2.95. The fourth-order valence-corrected chi connectivity index (χ4v) is 2.95. The Morgan fingerprint density at radius 3 is 2.48 bits per heavy atom. The van der Waals surface area contributed by atoms with E-state index < -0.39 is 0 Å². The van der Waals surface area contributed by atoms with Crippen LogP contribution in [0.25, 0.3) is 11.6 Å². The number of hydrogen-bond donors (Lipinski definition) is 0. The number of piperazine rings is 1. The number of hydrogen-bond acceptors (Lipinski definition) is 7. The second-order valence-corrected chi connectivity index (χ2v) is 8.12. The molecule has 0 atom stereocenters. The first-order chi connectivity index (χ1) is 12.9. The first kappa shape index (κ1) is 19.4. The van der Waals surface area contributed by atoms with Gasteiger partial charge in [-0.1, -0.05) is 25.9 Å². The molecular weight excluding hydrogens is 344 g/mol. The van der Waals surface area contributed by atoms with E-state index in [1.54, 1.807) is 18.5 Å². The molecule has 3 rings (SSSR count). The Morgan fingerprint density at radius 2 is 1.81 bits per heavy atom. The van der Waals surface area contributed by atoms with Crippen molar-refractivity contribution in [2.24, 2.45) is 5.41 Å². The molecule has 8 heteroatoms. The number of rotatable bonds is 6. The Bertz CT molecular complexity index is 732. The van der Waals surface area contributed by atoms with Gasteiger partial charge in [0.25, 0.3) is 0 Å². The third-order valence-electron chi connectivity index (χ3n) is 4.69. The highest BCUT2D eigenvalue weighted by molar-refractivity contribution is 5.76.